The highest BCUT2D eigenvalue weighted by atomic mass is 16.4. The number of carbonyl (C=O) groups is 1. The average molecular weight is 264 g/mol. The van der Waals surface area contributed by atoms with Gasteiger partial charge in [0.25, 0.3) is 0 Å². The van der Waals surface area contributed by atoms with Gasteiger partial charge in [0.15, 0.2) is 0 Å². The molecule has 1 saturated heterocycles. The maximum Gasteiger partial charge on any atom is 0.320 e. The van der Waals surface area contributed by atoms with Crippen molar-refractivity contribution in [3.8, 4) is 0 Å². The van der Waals surface area contributed by atoms with Crippen LogP contribution in [0, 0.1) is 5.92 Å². The molecule has 1 fully saturated rings. The Bertz CT molecular complexity index is 435. The van der Waals surface area contributed by atoms with E-state index < -0.39 is 12.0 Å². The summed E-state index contributed by atoms with van der Waals surface area (Å²) in [6, 6.07) is -0.899. The zero-order chi connectivity index (χ0) is 13.8. The summed E-state index contributed by atoms with van der Waals surface area (Å²) in [7, 11) is 0. The van der Waals surface area contributed by atoms with Crippen LogP contribution >= 0.6 is 0 Å². The molecule has 2 rings (SSSR count). The predicted octanol–water partition coefficient (Wildman–Crippen LogP) is 0.667. The van der Waals surface area contributed by atoms with Gasteiger partial charge in [-0.3, -0.25) is 4.79 Å². The first-order chi connectivity index (χ1) is 9.06. The molecule has 0 aromatic carbocycles. The van der Waals surface area contributed by atoms with Crippen molar-refractivity contribution in [1.29, 1.82) is 0 Å². The zero-order valence-electron chi connectivity index (χ0n) is 11.1. The molecule has 0 spiro atoms. The van der Waals surface area contributed by atoms with Crippen LogP contribution in [0.3, 0.4) is 0 Å². The van der Waals surface area contributed by atoms with Gasteiger partial charge in [0.1, 0.15) is 6.04 Å². The van der Waals surface area contributed by atoms with E-state index in [-0.39, 0.29) is 6.42 Å². The Labute approximate surface area is 112 Å². The van der Waals surface area contributed by atoms with Gasteiger partial charge < -0.3 is 15.7 Å². The van der Waals surface area contributed by atoms with Gasteiger partial charge >= 0.3 is 5.97 Å². The van der Waals surface area contributed by atoms with E-state index in [0.717, 1.165) is 31.0 Å². The lowest BCUT2D eigenvalue weighted by Gasteiger charge is -2.30. The number of aliphatic carboxylic acids is 1. The van der Waals surface area contributed by atoms with Gasteiger partial charge in [-0.2, -0.15) is 0 Å². The molecule has 19 heavy (non-hydrogen) atoms. The Kier molecular flexibility index (Phi) is 4.31. The van der Waals surface area contributed by atoms with Gasteiger partial charge in [-0.05, 0) is 24.3 Å². The molecule has 3 N–H and O–H groups in total. The molecule has 2 heterocycles. The van der Waals surface area contributed by atoms with Crippen LogP contribution in [-0.4, -0.2) is 40.2 Å². The Morgan fingerprint density at radius 2 is 2.26 bits per heavy atom. The van der Waals surface area contributed by atoms with Crippen LogP contribution in [0.2, 0.25) is 0 Å². The molecule has 1 aliphatic rings. The van der Waals surface area contributed by atoms with E-state index in [2.05, 4.69) is 21.8 Å². The summed E-state index contributed by atoms with van der Waals surface area (Å²) in [5.41, 5.74) is 6.24. The third kappa shape index (κ3) is 3.64. The average Bonchev–Trinajstić information content (AvgIpc) is 2.39. The summed E-state index contributed by atoms with van der Waals surface area (Å²) in [6.45, 7) is 4.19. The van der Waals surface area contributed by atoms with Crippen molar-refractivity contribution in [2.75, 3.05) is 18.0 Å². The Morgan fingerprint density at radius 1 is 1.58 bits per heavy atom. The first-order valence-electron chi connectivity index (χ1n) is 6.60. The molecule has 1 aliphatic heterocycles. The predicted molar refractivity (Wildman–Crippen MR) is 72.0 cm³/mol. The van der Waals surface area contributed by atoms with Gasteiger partial charge in [-0.15, -0.1) is 0 Å². The maximum atomic E-state index is 10.7. The third-order valence-corrected chi connectivity index (χ3v) is 3.40. The second-order valence-electron chi connectivity index (χ2n) is 5.23. The molecule has 104 valence electrons. The Hall–Kier alpha value is -1.69. The number of carboxylic acid groups (broad SMARTS) is 1. The number of carboxylic acids is 1. The normalized spacial score (nSPS) is 21.2. The lowest BCUT2D eigenvalue weighted by atomic mass is 10.0. The van der Waals surface area contributed by atoms with Crippen LogP contribution in [-0.2, 0) is 11.2 Å². The topological polar surface area (TPSA) is 92.3 Å². The molecule has 0 aliphatic carbocycles. The Morgan fingerprint density at radius 3 is 2.84 bits per heavy atom. The quantitative estimate of drug-likeness (QED) is 0.830. The van der Waals surface area contributed by atoms with Crippen molar-refractivity contribution in [2.24, 2.45) is 11.7 Å². The number of piperidine rings is 1. The summed E-state index contributed by atoms with van der Waals surface area (Å²) in [5.74, 6) is 0.380. The van der Waals surface area contributed by atoms with E-state index in [9.17, 15) is 4.79 Å². The van der Waals surface area contributed by atoms with Crippen molar-refractivity contribution in [1.82, 2.24) is 9.97 Å². The lowest BCUT2D eigenvalue weighted by Crippen LogP contribution is -2.35. The SMILES string of the molecule is CC1CCCN(c2ncc(CC(N)C(=O)O)cn2)C1. The smallest absolute Gasteiger partial charge is 0.320 e. The van der Waals surface area contributed by atoms with Crippen LogP contribution in [0.4, 0.5) is 5.95 Å². The number of hydrogen-bond acceptors (Lipinski definition) is 5. The van der Waals surface area contributed by atoms with Crippen LogP contribution in [0.25, 0.3) is 0 Å². The van der Waals surface area contributed by atoms with Gasteiger partial charge in [-0.1, -0.05) is 6.92 Å². The molecule has 0 amide bonds. The highest BCUT2D eigenvalue weighted by Crippen LogP contribution is 2.19. The molecular weight excluding hydrogens is 244 g/mol. The number of aromatic nitrogens is 2. The second-order valence-corrected chi connectivity index (χ2v) is 5.23. The van der Waals surface area contributed by atoms with Gasteiger partial charge in [0.2, 0.25) is 5.95 Å². The van der Waals surface area contributed by atoms with E-state index in [1.807, 2.05) is 0 Å². The molecule has 6 nitrogen and oxygen atoms in total. The molecule has 0 bridgehead atoms. The van der Waals surface area contributed by atoms with E-state index in [0.29, 0.717) is 5.92 Å². The molecule has 2 atom stereocenters. The number of hydrogen-bond donors (Lipinski definition) is 2. The van der Waals surface area contributed by atoms with E-state index in [4.69, 9.17) is 10.8 Å². The summed E-state index contributed by atoms with van der Waals surface area (Å²) in [4.78, 5) is 21.5. The molecule has 1 aromatic heterocycles. The lowest BCUT2D eigenvalue weighted by molar-refractivity contribution is -0.138. The minimum atomic E-state index is -1.01. The molecule has 2 unspecified atom stereocenters. The van der Waals surface area contributed by atoms with Crippen LogP contribution in [0.5, 0.6) is 0 Å². The highest BCUT2D eigenvalue weighted by Gasteiger charge is 2.19. The number of nitrogens with two attached hydrogens (primary N) is 1. The monoisotopic (exact) mass is 264 g/mol. The summed E-state index contributed by atoms with van der Waals surface area (Å²) in [5, 5.41) is 8.76. The van der Waals surface area contributed by atoms with E-state index in [1.54, 1.807) is 12.4 Å². The summed E-state index contributed by atoms with van der Waals surface area (Å²) < 4.78 is 0. The minimum absolute atomic E-state index is 0.256. The van der Waals surface area contributed by atoms with Crippen molar-refractivity contribution < 1.29 is 9.90 Å². The van der Waals surface area contributed by atoms with Crippen molar-refractivity contribution in [3.05, 3.63) is 18.0 Å². The van der Waals surface area contributed by atoms with Crippen LogP contribution in [0.1, 0.15) is 25.3 Å². The second kappa shape index (κ2) is 5.97. The molecule has 0 radical (unpaired) electrons. The number of nitrogens with zero attached hydrogens (tertiary/aromatic N) is 3. The number of rotatable bonds is 4. The summed E-state index contributed by atoms with van der Waals surface area (Å²) >= 11 is 0. The fourth-order valence-electron chi connectivity index (χ4n) is 2.33. The van der Waals surface area contributed by atoms with Gasteiger partial charge in [0, 0.05) is 31.9 Å². The molecular formula is C13H20N4O2. The van der Waals surface area contributed by atoms with E-state index >= 15 is 0 Å². The largest absolute Gasteiger partial charge is 0.480 e. The van der Waals surface area contributed by atoms with Crippen LogP contribution < -0.4 is 10.6 Å². The van der Waals surface area contributed by atoms with Crippen molar-refractivity contribution >= 4 is 11.9 Å². The fourth-order valence-corrected chi connectivity index (χ4v) is 2.33. The highest BCUT2D eigenvalue weighted by molar-refractivity contribution is 5.73. The third-order valence-electron chi connectivity index (χ3n) is 3.40. The van der Waals surface area contributed by atoms with Crippen molar-refractivity contribution in [2.45, 2.75) is 32.2 Å². The summed E-state index contributed by atoms with van der Waals surface area (Å²) in [6.07, 6.45) is 6.01. The molecule has 6 heteroatoms. The standard InChI is InChI=1S/C13H20N4O2/c1-9-3-2-4-17(8-9)13-15-6-10(7-16-13)5-11(14)12(18)19/h6-7,9,11H,2-5,8,14H2,1H3,(H,18,19). The molecule has 1 aromatic rings. The van der Waals surface area contributed by atoms with E-state index in [1.165, 1.54) is 6.42 Å². The Balaban J connectivity index is 1.99. The van der Waals surface area contributed by atoms with Crippen molar-refractivity contribution in [3.63, 3.8) is 0 Å². The first-order valence-corrected chi connectivity index (χ1v) is 6.60. The van der Waals surface area contributed by atoms with Gasteiger partial charge in [-0.25, -0.2) is 9.97 Å². The maximum absolute atomic E-state index is 10.7. The zero-order valence-corrected chi connectivity index (χ0v) is 11.1. The number of anilines is 1. The van der Waals surface area contributed by atoms with Gasteiger partial charge in [0.05, 0.1) is 0 Å². The van der Waals surface area contributed by atoms with Crippen LogP contribution in [0.15, 0.2) is 12.4 Å². The first kappa shape index (κ1) is 13.7. The minimum Gasteiger partial charge on any atom is -0.480 e. The fraction of sp³-hybridized carbons (Fsp3) is 0.615. The molecule has 0 saturated carbocycles.